The first-order valence-electron chi connectivity index (χ1n) is 10.5. The van der Waals surface area contributed by atoms with Crippen LogP contribution in [0.5, 0.6) is 0 Å². The van der Waals surface area contributed by atoms with E-state index in [0.29, 0.717) is 34.4 Å². The number of nitrogens with one attached hydrogen (secondary N) is 1. The Hall–Kier alpha value is -3.16. The highest BCUT2D eigenvalue weighted by atomic mass is 35.5. The number of fused-ring (bicyclic) bond motifs is 1. The Kier molecular flexibility index (Phi) is 5.26. The van der Waals surface area contributed by atoms with E-state index in [-0.39, 0.29) is 23.6 Å². The van der Waals surface area contributed by atoms with Gasteiger partial charge in [0.25, 0.3) is 11.8 Å². The maximum absolute atomic E-state index is 13.2. The Morgan fingerprint density at radius 2 is 1.94 bits per heavy atom. The minimum absolute atomic E-state index is 0.0618. The number of rotatable bonds is 4. The molecule has 0 radical (unpaired) electrons. The second-order valence-electron chi connectivity index (χ2n) is 8.71. The van der Waals surface area contributed by atoms with Crippen LogP contribution in [-0.4, -0.2) is 45.8 Å². The minimum Gasteiger partial charge on any atom is -0.377 e. The van der Waals surface area contributed by atoms with Crippen molar-refractivity contribution in [3.63, 3.8) is 0 Å². The fraction of sp³-hybridized carbons (Fsp3) is 0.250. The fourth-order valence-corrected chi connectivity index (χ4v) is 4.81. The smallest absolute Gasteiger partial charge is 0.274 e. The van der Waals surface area contributed by atoms with Gasteiger partial charge in [0.1, 0.15) is 5.69 Å². The van der Waals surface area contributed by atoms with Gasteiger partial charge in [-0.2, -0.15) is 0 Å². The standard InChI is InChI=1S/C24H21Cl2N5O2/c1-24(2)19-8-14(25)5-6-18(19)22(32)31(24)17-9-15(10-27-11-17)29-16-12-30(13-16)23(33)21-20(26)4-3-7-28-21/h3-11,16,29H,12-13H2,1-2H3. The van der Waals surface area contributed by atoms with E-state index in [1.54, 1.807) is 52.7 Å². The van der Waals surface area contributed by atoms with Gasteiger partial charge in [-0.1, -0.05) is 23.2 Å². The predicted octanol–water partition coefficient (Wildman–Crippen LogP) is 4.62. The normalized spacial score (nSPS) is 17.0. The number of carbonyl (C=O) groups excluding carboxylic acids is 2. The van der Waals surface area contributed by atoms with Gasteiger partial charge in [0, 0.05) is 29.9 Å². The van der Waals surface area contributed by atoms with Crippen molar-refractivity contribution in [1.29, 1.82) is 0 Å². The van der Waals surface area contributed by atoms with Gasteiger partial charge in [0.15, 0.2) is 0 Å². The van der Waals surface area contributed by atoms with Crippen LogP contribution in [0, 0.1) is 0 Å². The quantitative estimate of drug-likeness (QED) is 0.588. The largest absolute Gasteiger partial charge is 0.377 e. The molecule has 0 aliphatic carbocycles. The molecular weight excluding hydrogens is 461 g/mol. The minimum atomic E-state index is -0.570. The SMILES string of the molecule is CC1(C)c2cc(Cl)ccc2C(=O)N1c1cncc(NC2CN(C(=O)c3ncccc3Cl)C2)c1. The van der Waals surface area contributed by atoms with Gasteiger partial charge < -0.3 is 10.2 Å². The number of benzene rings is 1. The zero-order valence-electron chi connectivity index (χ0n) is 18.0. The summed E-state index contributed by atoms with van der Waals surface area (Å²) >= 11 is 12.3. The second kappa shape index (κ2) is 8.01. The average molecular weight is 482 g/mol. The highest BCUT2D eigenvalue weighted by Crippen LogP contribution is 2.43. The van der Waals surface area contributed by atoms with Crippen molar-refractivity contribution in [3.8, 4) is 0 Å². The molecule has 1 saturated heterocycles. The highest BCUT2D eigenvalue weighted by Gasteiger charge is 2.44. The van der Waals surface area contributed by atoms with Gasteiger partial charge in [0.2, 0.25) is 0 Å². The first kappa shape index (κ1) is 21.7. The Morgan fingerprint density at radius 1 is 1.15 bits per heavy atom. The molecule has 2 aromatic heterocycles. The molecule has 7 nitrogen and oxygen atoms in total. The number of anilines is 2. The molecule has 9 heteroatoms. The van der Waals surface area contributed by atoms with Crippen LogP contribution in [0.4, 0.5) is 11.4 Å². The molecule has 0 atom stereocenters. The van der Waals surface area contributed by atoms with Crippen LogP contribution in [0.1, 0.15) is 40.3 Å². The van der Waals surface area contributed by atoms with Crippen LogP contribution in [0.15, 0.2) is 55.0 Å². The molecule has 0 bridgehead atoms. The summed E-state index contributed by atoms with van der Waals surface area (Å²) in [7, 11) is 0. The zero-order chi connectivity index (χ0) is 23.3. The van der Waals surface area contributed by atoms with E-state index in [4.69, 9.17) is 23.2 Å². The lowest BCUT2D eigenvalue weighted by Gasteiger charge is -2.40. The molecule has 168 valence electrons. The average Bonchev–Trinajstić information content (AvgIpc) is 2.95. The van der Waals surface area contributed by atoms with Crippen LogP contribution in [-0.2, 0) is 5.54 Å². The maximum atomic E-state index is 13.2. The van der Waals surface area contributed by atoms with Gasteiger partial charge in [-0.05, 0) is 55.8 Å². The summed E-state index contributed by atoms with van der Waals surface area (Å²) in [6.07, 6.45) is 4.94. The Bertz CT molecular complexity index is 1270. The number of hydrogen-bond acceptors (Lipinski definition) is 5. The molecule has 5 rings (SSSR count). The second-order valence-corrected chi connectivity index (χ2v) is 9.55. The van der Waals surface area contributed by atoms with Crippen LogP contribution >= 0.6 is 23.2 Å². The van der Waals surface area contributed by atoms with Crippen molar-refractivity contribution >= 4 is 46.4 Å². The molecule has 2 amide bonds. The number of halogens is 2. The molecule has 0 unspecified atom stereocenters. The van der Waals surface area contributed by atoms with Crippen molar-refractivity contribution in [3.05, 3.63) is 81.9 Å². The summed E-state index contributed by atoms with van der Waals surface area (Å²) in [4.78, 5) is 37.6. The van der Waals surface area contributed by atoms with Crippen molar-refractivity contribution < 1.29 is 9.59 Å². The lowest BCUT2D eigenvalue weighted by Crippen LogP contribution is -2.57. The third-order valence-corrected chi connectivity index (χ3v) is 6.66. The lowest BCUT2D eigenvalue weighted by atomic mass is 9.93. The molecular formula is C24H21Cl2N5O2. The van der Waals surface area contributed by atoms with Gasteiger partial charge in [-0.3, -0.25) is 19.5 Å². The van der Waals surface area contributed by atoms with E-state index < -0.39 is 5.54 Å². The topological polar surface area (TPSA) is 78.4 Å². The fourth-order valence-electron chi connectivity index (χ4n) is 4.44. The molecule has 33 heavy (non-hydrogen) atoms. The number of nitrogens with zero attached hydrogens (tertiary/aromatic N) is 4. The predicted molar refractivity (Wildman–Crippen MR) is 128 cm³/mol. The summed E-state index contributed by atoms with van der Waals surface area (Å²) in [5.74, 6) is -0.273. The summed E-state index contributed by atoms with van der Waals surface area (Å²) in [6, 6.07) is 10.7. The number of hydrogen-bond donors (Lipinski definition) is 1. The summed E-state index contributed by atoms with van der Waals surface area (Å²) < 4.78 is 0. The Labute approximate surface area is 201 Å². The van der Waals surface area contributed by atoms with E-state index >= 15 is 0 Å². The summed E-state index contributed by atoms with van der Waals surface area (Å²) in [5.41, 5.74) is 2.69. The molecule has 2 aliphatic rings. The van der Waals surface area contributed by atoms with E-state index in [2.05, 4.69) is 15.3 Å². The first-order valence-corrected chi connectivity index (χ1v) is 11.3. The van der Waals surface area contributed by atoms with Crippen LogP contribution in [0.25, 0.3) is 0 Å². The van der Waals surface area contributed by atoms with Crippen LogP contribution < -0.4 is 10.2 Å². The number of amides is 2. The van der Waals surface area contributed by atoms with Gasteiger partial charge >= 0.3 is 0 Å². The maximum Gasteiger partial charge on any atom is 0.274 e. The van der Waals surface area contributed by atoms with E-state index in [1.165, 1.54) is 0 Å². The van der Waals surface area contributed by atoms with E-state index in [0.717, 1.165) is 11.3 Å². The number of carbonyl (C=O) groups is 2. The number of pyridine rings is 2. The monoisotopic (exact) mass is 481 g/mol. The van der Waals surface area contributed by atoms with E-state index in [9.17, 15) is 9.59 Å². The first-order chi connectivity index (χ1) is 15.8. The van der Waals surface area contributed by atoms with E-state index in [1.807, 2.05) is 26.0 Å². The molecule has 2 aliphatic heterocycles. The van der Waals surface area contributed by atoms with Crippen molar-refractivity contribution in [2.75, 3.05) is 23.3 Å². The van der Waals surface area contributed by atoms with Gasteiger partial charge in [-0.25, -0.2) is 4.98 Å². The molecule has 1 fully saturated rings. The molecule has 0 spiro atoms. The van der Waals surface area contributed by atoms with Crippen molar-refractivity contribution in [1.82, 2.24) is 14.9 Å². The third-order valence-electron chi connectivity index (χ3n) is 6.12. The molecule has 1 N–H and O–H groups in total. The summed E-state index contributed by atoms with van der Waals surface area (Å²) in [5, 5.41) is 4.34. The van der Waals surface area contributed by atoms with Crippen molar-refractivity contribution in [2.45, 2.75) is 25.4 Å². The highest BCUT2D eigenvalue weighted by molar-refractivity contribution is 6.33. The van der Waals surface area contributed by atoms with Gasteiger partial charge in [-0.15, -0.1) is 0 Å². The van der Waals surface area contributed by atoms with Gasteiger partial charge in [0.05, 0.1) is 40.4 Å². The van der Waals surface area contributed by atoms with Crippen LogP contribution in [0.2, 0.25) is 10.0 Å². The van der Waals surface area contributed by atoms with Crippen molar-refractivity contribution in [2.24, 2.45) is 0 Å². The summed E-state index contributed by atoms with van der Waals surface area (Å²) in [6.45, 7) is 5.03. The molecule has 4 heterocycles. The number of likely N-dealkylation sites (tertiary alicyclic amines) is 1. The molecule has 1 aromatic carbocycles. The third kappa shape index (κ3) is 3.71. The Balaban J connectivity index is 1.30. The molecule has 0 saturated carbocycles. The lowest BCUT2D eigenvalue weighted by molar-refractivity contribution is 0.0619. The number of aromatic nitrogens is 2. The zero-order valence-corrected chi connectivity index (χ0v) is 19.6. The molecule has 3 aromatic rings. The van der Waals surface area contributed by atoms with Crippen LogP contribution in [0.3, 0.4) is 0 Å². The Morgan fingerprint density at radius 3 is 2.70 bits per heavy atom.